The van der Waals surface area contributed by atoms with Crippen LogP contribution in [0.3, 0.4) is 0 Å². The van der Waals surface area contributed by atoms with Crippen molar-refractivity contribution in [3.63, 3.8) is 0 Å². The van der Waals surface area contributed by atoms with E-state index in [1.807, 2.05) is 41.3 Å². The number of rotatable bonds is 3. The lowest BCUT2D eigenvalue weighted by Gasteiger charge is -2.32. The highest BCUT2D eigenvalue weighted by molar-refractivity contribution is 5.91. The highest BCUT2D eigenvalue weighted by atomic mass is 16.6. The lowest BCUT2D eigenvalue weighted by Crippen LogP contribution is -2.40. The summed E-state index contributed by atoms with van der Waals surface area (Å²) in [5, 5.41) is 0. The van der Waals surface area contributed by atoms with Crippen LogP contribution in [0.2, 0.25) is 0 Å². The van der Waals surface area contributed by atoms with Gasteiger partial charge >= 0.3 is 6.09 Å². The largest absolute Gasteiger partial charge is 0.496 e. The zero-order valence-electron chi connectivity index (χ0n) is 14.4. The zero-order valence-corrected chi connectivity index (χ0v) is 14.4. The SMILES string of the molecule is COc1ccccc1CN1CCC2COC(=O)N2c2ccccc2C1. The molecule has 1 fully saturated rings. The number of amides is 1. The number of anilines is 1. The minimum atomic E-state index is -0.226. The molecule has 130 valence electrons. The van der Waals surface area contributed by atoms with E-state index in [4.69, 9.17) is 9.47 Å². The van der Waals surface area contributed by atoms with Crippen molar-refractivity contribution in [2.75, 3.05) is 25.2 Å². The summed E-state index contributed by atoms with van der Waals surface area (Å²) in [4.78, 5) is 16.4. The average Bonchev–Trinajstić information content (AvgIpc) is 2.99. The van der Waals surface area contributed by atoms with Gasteiger partial charge in [-0.2, -0.15) is 0 Å². The van der Waals surface area contributed by atoms with Crippen LogP contribution in [0.15, 0.2) is 48.5 Å². The summed E-state index contributed by atoms with van der Waals surface area (Å²) in [7, 11) is 1.71. The molecule has 4 rings (SSSR count). The van der Waals surface area contributed by atoms with Crippen LogP contribution in [-0.2, 0) is 17.8 Å². The number of nitrogens with zero attached hydrogens (tertiary/aromatic N) is 2. The van der Waals surface area contributed by atoms with Gasteiger partial charge in [0.25, 0.3) is 0 Å². The number of carbonyl (C=O) groups excluding carboxylic acids is 1. The number of methoxy groups -OCH3 is 1. The fraction of sp³-hybridized carbons (Fsp3) is 0.350. The lowest BCUT2D eigenvalue weighted by molar-refractivity contribution is 0.177. The highest BCUT2D eigenvalue weighted by Gasteiger charge is 2.36. The third-order valence-electron chi connectivity index (χ3n) is 4.97. The van der Waals surface area contributed by atoms with E-state index in [0.29, 0.717) is 6.61 Å². The van der Waals surface area contributed by atoms with Gasteiger partial charge in [-0.15, -0.1) is 0 Å². The van der Waals surface area contributed by atoms with E-state index < -0.39 is 0 Å². The van der Waals surface area contributed by atoms with Crippen molar-refractivity contribution >= 4 is 11.8 Å². The van der Waals surface area contributed by atoms with Crippen molar-refractivity contribution in [2.24, 2.45) is 0 Å². The summed E-state index contributed by atoms with van der Waals surface area (Å²) >= 11 is 0. The van der Waals surface area contributed by atoms with Crippen molar-refractivity contribution in [3.8, 4) is 5.75 Å². The Hall–Kier alpha value is -2.53. The van der Waals surface area contributed by atoms with Gasteiger partial charge in [0.1, 0.15) is 12.4 Å². The van der Waals surface area contributed by atoms with Crippen LogP contribution >= 0.6 is 0 Å². The molecule has 0 aromatic heterocycles. The van der Waals surface area contributed by atoms with E-state index in [-0.39, 0.29) is 12.1 Å². The number of ether oxygens (including phenoxy) is 2. The molecule has 1 unspecified atom stereocenters. The Labute approximate surface area is 147 Å². The van der Waals surface area contributed by atoms with Gasteiger partial charge in [-0.3, -0.25) is 9.80 Å². The first-order valence-corrected chi connectivity index (χ1v) is 8.64. The van der Waals surface area contributed by atoms with Gasteiger partial charge < -0.3 is 9.47 Å². The molecule has 1 atom stereocenters. The summed E-state index contributed by atoms with van der Waals surface area (Å²) in [5.74, 6) is 0.916. The first-order chi connectivity index (χ1) is 12.3. The number of benzene rings is 2. The Morgan fingerprint density at radius 3 is 2.84 bits per heavy atom. The molecule has 1 amide bonds. The Kier molecular flexibility index (Phi) is 4.32. The number of carbonyl (C=O) groups is 1. The minimum absolute atomic E-state index is 0.106. The molecule has 0 bridgehead atoms. The topological polar surface area (TPSA) is 42.0 Å². The second-order valence-corrected chi connectivity index (χ2v) is 6.54. The van der Waals surface area contributed by atoms with Crippen molar-refractivity contribution in [2.45, 2.75) is 25.6 Å². The predicted molar refractivity (Wildman–Crippen MR) is 95.8 cm³/mol. The highest BCUT2D eigenvalue weighted by Crippen LogP contribution is 2.32. The van der Waals surface area contributed by atoms with E-state index >= 15 is 0 Å². The molecule has 5 heteroatoms. The van der Waals surface area contributed by atoms with E-state index in [0.717, 1.165) is 43.1 Å². The Morgan fingerprint density at radius 1 is 1.16 bits per heavy atom. The standard InChI is InChI=1S/C20H22N2O3/c1-24-19-9-5-3-7-16(19)13-21-11-10-17-14-25-20(23)22(17)18-8-4-2-6-15(18)12-21/h2-9,17H,10-14H2,1H3. The molecule has 2 aromatic rings. The van der Waals surface area contributed by atoms with Gasteiger partial charge in [-0.25, -0.2) is 4.79 Å². The molecule has 2 heterocycles. The van der Waals surface area contributed by atoms with Crippen LogP contribution in [0.25, 0.3) is 0 Å². The summed E-state index contributed by atoms with van der Waals surface area (Å²) in [6.07, 6.45) is 0.672. The summed E-state index contributed by atoms with van der Waals surface area (Å²) in [5.41, 5.74) is 3.30. The molecule has 0 aliphatic carbocycles. The van der Waals surface area contributed by atoms with E-state index in [1.165, 1.54) is 5.56 Å². The smallest absolute Gasteiger partial charge is 0.414 e. The molecule has 0 N–H and O–H groups in total. The quantitative estimate of drug-likeness (QED) is 0.860. The molecular formula is C20H22N2O3. The summed E-state index contributed by atoms with van der Waals surface area (Å²) < 4.78 is 10.8. The maximum atomic E-state index is 12.2. The Bertz CT molecular complexity index is 777. The second kappa shape index (κ2) is 6.76. The van der Waals surface area contributed by atoms with Gasteiger partial charge in [0.2, 0.25) is 0 Å². The molecule has 2 aliphatic heterocycles. The van der Waals surface area contributed by atoms with Crippen LogP contribution < -0.4 is 9.64 Å². The van der Waals surface area contributed by atoms with Crippen molar-refractivity contribution in [1.82, 2.24) is 4.90 Å². The van der Waals surface area contributed by atoms with E-state index in [9.17, 15) is 4.79 Å². The molecule has 1 saturated heterocycles. The number of fused-ring (bicyclic) bond motifs is 3. The molecule has 0 radical (unpaired) electrons. The first kappa shape index (κ1) is 16.0. The third kappa shape index (κ3) is 3.07. The zero-order chi connectivity index (χ0) is 17.2. The minimum Gasteiger partial charge on any atom is -0.496 e. The van der Waals surface area contributed by atoms with E-state index in [1.54, 1.807) is 7.11 Å². The van der Waals surface area contributed by atoms with Crippen molar-refractivity contribution < 1.29 is 14.3 Å². The van der Waals surface area contributed by atoms with Crippen molar-refractivity contribution in [1.29, 1.82) is 0 Å². The number of cyclic esters (lactones) is 1. The Morgan fingerprint density at radius 2 is 1.96 bits per heavy atom. The number of hydrogen-bond acceptors (Lipinski definition) is 4. The fourth-order valence-corrected chi connectivity index (χ4v) is 3.71. The van der Waals surface area contributed by atoms with Gasteiger partial charge in [0.05, 0.1) is 18.8 Å². The number of para-hydroxylation sites is 2. The van der Waals surface area contributed by atoms with Gasteiger partial charge in [0.15, 0.2) is 0 Å². The predicted octanol–water partition coefficient (Wildman–Crippen LogP) is 3.43. The molecule has 2 aromatic carbocycles. The maximum absolute atomic E-state index is 12.2. The monoisotopic (exact) mass is 338 g/mol. The van der Waals surface area contributed by atoms with Crippen LogP contribution in [0.4, 0.5) is 10.5 Å². The van der Waals surface area contributed by atoms with Crippen LogP contribution in [0.1, 0.15) is 17.5 Å². The fourth-order valence-electron chi connectivity index (χ4n) is 3.71. The third-order valence-corrected chi connectivity index (χ3v) is 4.97. The summed E-state index contributed by atoms with van der Waals surface area (Å²) in [6, 6.07) is 16.4. The van der Waals surface area contributed by atoms with E-state index in [2.05, 4.69) is 17.0 Å². The normalized spacial score (nSPS) is 20.3. The van der Waals surface area contributed by atoms with Crippen molar-refractivity contribution in [3.05, 3.63) is 59.7 Å². The number of hydrogen-bond donors (Lipinski definition) is 0. The Balaban J connectivity index is 1.63. The van der Waals surface area contributed by atoms with Crippen LogP contribution in [0, 0.1) is 0 Å². The van der Waals surface area contributed by atoms with Crippen LogP contribution in [-0.4, -0.2) is 37.3 Å². The molecule has 5 nitrogen and oxygen atoms in total. The second-order valence-electron chi connectivity index (χ2n) is 6.54. The average molecular weight is 338 g/mol. The summed E-state index contributed by atoms with van der Waals surface area (Å²) in [6.45, 7) is 2.99. The van der Waals surface area contributed by atoms with Gasteiger partial charge in [-0.05, 0) is 24.1 Å². The maximum Gasteiger partial charge on any atom is 0.414 e. The molecular weight excluding hydrogens is 316 g/mol. The molecule has 25 heavy (non-hydrogen) atoms. The van der Waals surface area contributed by atoms with Gasteiger partial charge in [0, 0.05) is 25.2 Å². The van der Waals surface area contributed by atoms with Gasteiger partial charge in [-0.1, -0.05) is 36.4 Å². The van der Waals surface area contributed by atoms with Crippen LogP contribution in [0.5, 0.6) is 5.75 Å². The molecule has 2 aliphatic rings. The lowest BCUT2D eigenvalue weighted by atomic mass is 10.0. The first-order valence-electron chi connectivity index (χ1n) is 8.64. The molecule has 0 spiro atoms. The molecule has 0 saturated carbocycles.